The van der Waals surface area contributed by atoms with Gasteiger partial charge in [0.15, 0.2) is 21.3 Å². The van der Waals surface area contributed by atoms with Crippen LogP contribution in [0.2, 0.25) is 0 Å². The summed E-state index contributed by atoms with van der Waals surface area (Å²) in [6, 6.07) is 11.0. The fraction of sp³-hybridized carbons (Fsp3) is 0.381. The van der Waals surface area contributed by atoms with Gasteiger partial charge < -0.3 is 10.1 Å². The molecule has 3 aromatic rings. The van der Waals surface area contributed by atoms with Crippen molar-refractivity contribution in [2.75, 3.05) is 23.9 Å². The minimum Gasteiger partial charge on any atom is -0.493 e. The molecule has 1 aromatic carbocycles. The molecule has 0 spiro atoms. The molecular weight excluding hydrogens is 418 g/mol. The molecule has 1 amide bonds. The molecule has 0 bridgehead atoms. The van der Waals surface area contributed by atoms with E-state index in [1.165, 1.54) is 7.11 Å². The van der Waals surface area contributed by atoms with Crippen LogP contribution in [0.5, 0.6) is 5.75 Å². The molecule has 2 aliphatic rings. The van der Waals surface area contributed by atoms with Gasteiger partial charge in [-0.25, -0.2) is 17.8 Å². The van der Waals surface area contributed by atoms with E-state index in [0.29, 0.717) is 23.9 Å². The number of rotatable bonds is 6. The zero-order valence-corrected chi connectivity index (χ0v) is 17.9. The molecule has 1 saturated carbocycles. The Labute approximate surface area is 179 Å². The Balaban J connectivity index is 1.45. The molecule has 1 N–H and O–H groups in total. The Hall–Kier alpha value is -3.14. The summed E-state index contributed by atoms with van der Waals surface area (Å²) in [5.41, 5.74) is 1.84. The van der Waals surface area contributed by atoms with E-state index in [-0.39, 0.29) is 23.2 Å². The van der Waals surface area contributed by atoms with Crippen LogP contribution < -0.4 is 10.1 Å². The molecule has 1 saturated heterocycles. The maximum Gasteiger partial charge on any atom is 0.281 e. The Morgan fingerprint density at radius 2 is 1.94 bits per heavy atom. The second-order valence-corrected chi connectivity index (χ2v) is 10.2. The van der Waals surface area contributed by atoms with E-state index in [2.05, 4.69) is 15.5 Å². The first-order chi connectivity index (χ1) is 14.9. The number of hydrogen-bond donors (Lipinski definition) is 1. The van der Waals surface area contributed by atoms with E-state index >= 15 is 0 Å². The van der Waals surface area contributed by atoms with Crippen molar-refractivity contribution in [3.05, 3.63) is 54.0 Å². The summed E-state index contributed by atoms with van der Waals surface area (Å²) in [7, 11) is -1.60. The van der Waals surface area contributed by atoms with E-state index in [4.69, 9.17) is 4.74 Å². The number of aromatic nitrogens is 4. The Bertz CT molecular complexity index is 1230. The van der Waals surface area contributed by atoms with Crippen LogP contribution in [0.4, 0.5) is 5.82 Å². The van der Waals surface area contributed by atoms with Crippen LogP contribution in [0.3, 0.4) is 0 Å². The molecule has 1 aliphatic heterocycles. The third-order valence-electron chi connectivity index (χ3n) is 5.68. The van der Waals surface area contributed by atoms with Crippen LogP contribution in [0.25, 0.3) is 5.69 Å². The van der Waals surface area contributed by atoms with Gasteiger partial charge in [0.25, 0.3) is 5.91 Å². The highest BCUT2D eigenvalue weighted by atomic mass is 32.2. The van der Waals surface area contributed by atoms with E-state index in [0.717, 1.165) is 24.2 Å². The molecule has 162 valence electrons. The van der Waals surface area contributed by atoms with Crippen LogP contribution in [0.1, 0.15) is 47.4 Å². The van der Waals surface area contributed by atoms with Crippen molar-refractivity contribution in [2.24, 2.45) is 0 Å². The van der Waals surface area contributed by atoms with Gasteiger partial charge in [0.05, 0.1) is 42.2 Å². The highest BCUT2D eigenvalue weighted by Crippen LogP contribution is 2.41. The van der Waals surface area contributed by atoms with E-state index in [1.54, 1.807) is 15.6 Å². The van der Waals surface area contributed by atoms with Crippen molar-refractivity contribution < 1.29 is 17.9 Å². The van der Waals surface area contributed by atoms with Gasteiger partial charge in [0.1, 0.15) is 5.82 Å². The summed E-state index contributed by atoms with van der Waals surface area (Å²) in [5, 5.41) is 11.9. The van der Waals surface area contributed by atoms with Crippen molar-refractivity contribution in [1.29, 1.82) is 0 Å². The smallest absolute Gasteiger partial charge is 0.281 e. The fourth-order valence-electron chi connectivity index (χ4n) is 3.89. The minimum atomic E-state index is -3.08. The van der Waals surface area contributed by atoms with Gasteiger partial charge in [0.2, 0.25) is 0 Å². The lowest BCUT2D eigenvalue weighted by Crippen LogP contribution is -2.20. The lowest BCUT2D eigenvalue weighted by molar-refractivity contribution is 0.101. The third kappa shape index (κ3) is 3.95. The SMILES string of the molecule is COc1cn(-c2ccccc2)nc1C(=O)Nc1cc(C2CC2)nn1[C@H]1CCS(=O)(=O)C1. The number of sulfone groups is 1. The van der Waals surface area contributed by atoms with Crippen LogP contribution >= 0.6 is 0 Å². The number of nitrogens with one attached hydrogen (secondary N) is 1. The average Bonchev–Trinajstić information content (AvgIpc) is 3.22. The number of carbonyl (C=O) groups excluding carboxylic acids is 1. The molecule has 31 heavy (non-hydrogen) atoms. The molecular formula is C21H23N5O4S. The molecule has 10 heteroatoms. The van der Waals surface area contributed by atoms with E-state index in [9.17, 15) is 13.2 Å². The first-order valence-corrected chi connectivity index (χ1v) is 12.1. The molecule has 2 aromatic heterocycles. The molecule has 0 unspecified atom stereocenters. The maximum absolute atomic E-state index is 13.1. The van der Waals surface area contributed by atoms with Gasteiger partial charge in [0, 0.05) is 12.0 Å². The first-order valence-electron chi connectivity index (χ1n) is 10.2. The first kappa shape index (κ1) is 19.8. The molecule has 3 heterocycles. The van der Waals surface area contributed by atoms with E-state index < -0.39 is 15.7 Å². The van der Waals surface area contributed by atoms with Crippen molar-refractivity contribution in [1.82, 2.24) is 19.6 Å². The van der Waals surface area contributed by atoms with Gasteiger partial charge in [-0.15, -0.1) is 0 Å². The normalized spacial score (nSPS) is 20.0. The van der Waals surface area contributed by atoms with Crippen molar-refractivity contribution in [2.45, 2.75) is 31.2 Å². The zero-order chi connectivity index (χ0) is 21.6. The van der Waals surface area contributed by atoms with Crippen molar-refractivity contribution in [3.63, 3.8) is 0 Å². The standard InChI is InChI=1S/C21H23N5O4S/c1-30-18-12-25(15-5-3-2-4-6-15)24-20(18)21(27)22-19-11-17(14-7-8-14)23-26(19)16-9-10-31(28,29)13-16/h2-6,11-12,14,16H,7-10,13H2,1H3,(H,22,27)/t16-/m0/s1. The Kier molecular flexibility index (Phi) is 4.81. The second kappa shape index (κ2) is 7.52. The zero-order valence-electron chi connectivity index (χ0n) is 17.1. The lowest BCUT2D eigenvalue weighted by atomic mass is 10.2. The average molecular weight is 442 g/mol. The summed E-state index contributed by atoms with van der Waals surface area (Å²) in [5.74, 6) is 0.952. The predicted octanol–water partition coefficient (Wildman–Crippen LogP) is 2.57. The number of para-hydroxylation sites is 1. The second-order valence-electron chi connectivity index (χ2n) is 8.01. The molecule has 9 nitrogen and oxygen atoms in total. The maximum atomic E-state index is 13.1. The van der Waals surface area contributed by atoms with Crippen LogP contribution in [0.15, 0.2) is 42.6 Å². The molecule has 2 fully saturated rings. The molecule has 5 rings (SSSR count). The van der Waals surface area contributed by atoms with Gasteiger partial charge >= 0.3 is 0 Å². The van der Waals surface area contributed by atoms with Crippen molar-refractivity contribution >= 4 is 21.6 Å². The number of amides is 1. The number of ether oxygens (including phenoxy) is 1. The highest BCUT2D eigenvalue weighted by Gasteiger charge is 2.34. The molecule has 1 atom stereocenters. The Morgan fingerprint density at radius 1 is 1.16 bits per heavy atom. The van der Waals surface area contributed by atoms with Gasteiger partial charge in [-0.05, 0) is 31.4 Å². The van der Waals surface area contributed by atoms with Crippen molar-refractivity contribution in [3.8, 4) is 11.4 Å². The topological polar surface area (TPSA) is 108 Å². The van der Waals surface area contributed by atoms with Gasteiger partial charge in [-0.3, -0.25) is 4.79 Å². The van der Waals surface area contributed by atoms with Crippen LogP contribution in [0, 0.1) is 0 Å². The monoisotopic (exact) mass is 441 g/mol. The quantitative estimate of drug-likeness (QED) is 0.630. The van der Waals surface area contributed by atoms with Gasteiger partial charge in [-0.2, -0.15) is 10.2 Å². The fourth-order valence-corrected chi connectivity index (χ4v) is 5.58. The number of methoxy groups -OCH3 is 1. The minimum absolute atomic E-state index is 0.0353. The van der Waals surface area contributed by atoms with E-state index in [1.807, 2.05) is 36.4 Å². The Morgan fingerprint density at radius 3 is 2.58 bits per heavy atom. The summed E-state index contributed by atoms with van der Waals surface area (Å²) >= 11 is 0. The molecule has 0 radical (unpaired) electrons. The lowest BCUT2D eigenvalue weighted by Gasteiger charge is -2.13. The summed E-state index contributed by atoms with van der Waals surface area (Å²) in [6.07, 6.45) is 4.26. The number of nitrogens with zero attached hydrogens (tertiary/aromatic N) is 4. The van der Waals surface area contributed by atoms with Gasteiger partial charge in [-0.1, -0.05) is 18.2 Å². The van der Waals surface area contributed by atoms with Crippen LogP contribution in [-0.2, 0) is 9.84 Å². The molecule has 1 aliphatic carbocycles. The largest absolute Gasteiger partial charge is 0.493 e. The summed E-state index contributed by atoms with van der Waals surface area (Å²) in [6.45, 7) is 0. The predicted molar refractivity (Wildman–Crippen MR) is 115 cm³/mol. The number of carbonyl (C=O) groups is 1. The highest BCUT2D eigenvalue weighted by molar-refractivity contribution is 7.91. The number of hydrogen-bond acceptors (Lipinski definition) is 6. The number of anilines is 1. The third-order valence-corrected chi connectivity index (χ3v) is 7.43. The summed E-state index contributed by atoms with van der Waals surface area (Å²) in [4.78, 5) is 13.1. The van der Waals surface area contributed by atoms with Crippen LogP contribution in [-0.4, -0.2) is 52.5 Å². The summed E-state index contributed by atoms with van der Waals surface area (Å²) < 4.78 is 32.6. The number of benzene rings is 1.